The van der Waals surface area contributed by atoms with Crippen LogP contribution in [0.3, 0.4) is 0 Å². The molecule has 2 aliphatic rings. The Morgan fingerprint density at radius 1 is 1.43 bits per heavy atom. The number of aromatic carboxylic acids is 1. The van der Waals surface area contributed by atoms with Gasteiger partial charge in [0.05, 0.1) is 10.6 Å². The molecule has 1 fully saturated rings. The van der Waals surface area contributed by atoms with Crippen molar-refractivity contribution in [2.75, 3.05) is 6.26 Å². The van der Waals surface area contributed by atoms with Gasteiger partial charge in [-0.2, -0.15) is 5.10 Å². The molecule has 120 valence electrons. The van der Waals surface area contributed by atoms with Gasteiger partial charge in [0.15, 0.2) is 15.5 Å². The quantitative estimate of drug-likeness (QED) is 0.923. The molecule has 0 saturated heterocycles. The monoisotopic (exact) mass is 336 g/mol. The van der Waals surface area contributed by atoms with E-state index < -0.39 is 21.6 Å². The second kappa shape index (κ2) is 4.41. The van der Waals surface area contributed by atoms with Crippen LogP contribution >= 0.6 is 0 Å². The van der Waals surface area contributed by atoms with Crippen LogP contribution in [0.5, 0.6) is 0 Å². The van der Waals surface area contributed by atoms with Crippen molar-refractivity contribution in [3.63, 3.8) is 0 Å². The van der Waals surface area contributed by atoms with E-state index in [1.807, 2.05) is 0 Å². The van der Waals surface area contributed by atoms with Crippen LogP contribution in [-0.4, -0.2) is 35.5 Å². The summed E-state index contributed by atoms with van der Waals surface area (Å²) < 4.78 is 38.8. The molecule has 4 rings (SSSR count). The maximum Gasteiger partial charge on any atom is 0.356 e. The summed E-state index contributed by atoms with van der Waals surface area (Å²) in [5.41, 5.74) is 1.45. The molecule has 0 spiro atoms. The zero-order valence-electron chi connectivity index (χ0n) is 12.2. The standard InChI is InChI=1S/C15H13FN2O4S/c1-23(21,22)8-2-3-12(11(16)6-8)18-14-9-4-7(9)5-10(14)13(17-18)15(19)20/h2-3,6-7,9H,4-5H2,1H3,(H,19,20)/t7-,9-/m1/s1. The van der Waals surface area contributed by atoms with Crippen LogP contribution < -0.4 is 0 Å². The Bertz CT molecular complexity index is 964. The Labute approximate surface area is 131 Å². The lowest BCUT2D eigenvalue weighted by Gasteiger charge is -2.09. The number of aromatic nitrogens is 2. The van der Waals surface area contributed by atoms with Crippen LogP contribution in [0.15, 0.2) is 23.1 Å². The zero-order valence-corrected chi connectivity index (χ0v) is 13.0. The zero-order chi connectivity index (χ0) is 16.5. The summed E-state index contributed by atoms with van der Waals surface area (Å²) in [7, 11) is -3.51. The molecular weight excluding hydrogens is 323 g/mol. The molecule has 1 aromatic carbocycles. The van der Waals surface area contributed by atoms with Crippen molar-refractivity contribution in [3.8, 4) is 5.69 Å². The first-order valence-electron chi connectivity index (χ1n) is 7.12. The molecule has 2 atom stereocenters. The van der Waals surface area contributed by atoms with E-state index in [-0.39, 0.29) is 22.2 Å². The van der Waals surface area contributed by atoms with Gasteiger partial charge >= 0.3 is 5.97 Å². The van der Waals surface area contributed by atoms with Gasteiger partial charge in [-0.3, -0.25) is 0 Å². The average molecular weight is 336 g/mol. The number of hydrogen-bond acceptors (Lipinski definition) is 4. The molecule has 0 radical (unpaired) electrons. The lowest BCUT2D eigenvalue weighted by molar-refractivity contribution is 0.0688. The van der Waals surface area contributed by atoms with Crippen LogP contribution in [0, 0.1) is 11.7 Å². The number of hydrogen-bond donors (Lipinski definition) is 1. The van der Waals surface area contributed by atoms with Gasteiger partial charge < -0.3 is 5.11 Å². The maximum absolute atomic E-state index is 14.4. The van der Waals surface area contributed by atoms with Crippen molar-refractivity contribution in [1.29, 1.82) is 0 Å². The molecule has 1 saturated carbocycles. The van der Waals surface area contributed by atoms with Gasteiger partial charge in [-0.1, -0.05) is 0 Å². The highest BCUT2D eigenvalue weighted by atomic mass is 32.2. The normalized spacial score (nSPS) is 21.8. The van der Waals surface area contributed by atoms with Gasteiger partial charge in [-0.25, -0.2) is 22.3 Å². The number of rotatable bonds is 3. The third-order valence-electron chi connectivity index (χ3n) is 4.54. The molecule has 23 heavy (non-hydrogen) atoms. The summed E-state index contributed by atoms with van der Waals surface area (Å²) >= 11 is 0. The van der Waals surface area contributed by atoms with E-state index in [4.69, 9.17) is 0 Å². The fourth-order valence-electron chi connectivity index (χ4n) is 3.36. The van der Waals surface area contributed by atoms with E-state index in [2.05, 4.69) is 5.10 Å². The lowest BCUT2D eigenvalue weighted by atomic mass is 10.1. The van der Waals surface area contributed by atoms with E-state index in [0.717, 1.165) is 24.4 Å². The fourth-order valence-corrected chi connectivity index (χ4v) is 3.99. The van der Waals surface area contributed by atoms with Crippen molar-refractivity contribution in [2.24, 2.45) is 5.92 Å². The number of carbonyl (C=O) groups is 1. The Morgan fingerprint density at radius 3 is 2.78 bits per heavy atom. The van der Waals surface area contributed by atoms with E-state index >= 15 is 0 Å². The van der Waals surface area contributed by atoms with Gasteiger partial charge in [-0.15, -0.1) is 0 Å². The maximum atomic E-state index is 14.4. The molecule has 2 aromatic rings. The minimum Gasteiger partial charge on any atom is -0.476 e. The second-order valence-corrected chi connectivity index (χ2v) is 8.14. The van der Waals surface area contributed by atoms with Crippen LogP contribution in [-0.2, 0) is 16.3 Å². The molecule has 8 heteroatoms. The molecule has 0 unspecified atom stereocenters. The molecule has 1 aromatic heterocycles. The predicted molar refractivity (Wildman–Crippen MR) is 78.1 cm³/mol. The van der Waals surface area contributed by atoms with E-state index in [1.165, 1.54) is 16.8 Å². The Morgan fingerprint density at radius 2 is 2.17 bits per heavy atom. The minimum absolute atomic E-state index is 0.0428. The van der Waals surface area contributed by atoms with Gasteiger partial charge in [0.2, 0.25) is 0 Å². The van der Waals surface area contributed by atoms with Crippen LogP contribution in [0.2, 0.25) is 0 Å². The number of fused-ring (bicyclic) bond motifs is 3. The molecular formula is C15H13FN2O4S. The van der Waals surface area contributed by atoms with Crippen molar-refractivity contribution >= 4 is 15.8 Å². The number of sulfone groups is 1. The number of benzene rings is 1. The minimum atomic E-state index is -3.51. The summed E-state index contributed by atoms with van der Waals surface area (Å²) in [5.74, 6) is -1.22. The fraction of sp³-hybridized carbons (Fsp3) is 0.333. The molecule has 1 heterocycles. The van der Waals surface area contributed by atoms with Crippen molar-refractivity contribution in [3.05, 3.63) is 41.0 Å². The van der Waals surface area contributed by atoms with Crippen molar-refractivity contribution in [2.45, 2.75) is 23.7 Å². The second-order valence-electron chi connectivity index (χ2n) is 6.12. The largest absolute Gasteiger partial charge is 0.476 e. The van der Waals surface area contributed by atoms with Gasteiger partial charge in [0.25, 0.3) is 0 Å². The Hall–Kier alpha value is -2.22. The van der Waals surface area contributed by atoms with E-state index in [1.54, 1.807) is 0 Å². The molecule has 0 bridgehead atoms. The third kappa shape index (κ3) is 2.08. The summed E-state index contributed by atoms with van der Waals surface area (Å²) in [6, 6.07) is 3.58. The average Bonchev–Trinajstić information content (AvgIpc) is 2.95. The van der Waals surface area contributed by atoms with Crippen LogP contribution in [0.25, 0.3) is 5.69 Å². The van der Waals surface area contributed by atoms with Crippen LogP contribution in [0.1, 0.15) is 34.1 Å². The summed E-state index contributed by atoms with van der Waals surface area (Å²) in [5, 5.41) is 13.3. The SMILES string of the molecule is CS(=O)(=O)c1ccc(-n2nc(C(=O)O)c3c2[C@@H]2C[C@@H]2C3)c(F)c1. The Balaban J connectivity index is 1.89. The highest BCUT2D eigenvalue weighted by molar-refractivity contribution is 7.90. The number of carboxylic acid groups (broad SMARTS) is 1. The highest BCUT2D eigenvalue weighted by Crippen LogP contribution is 2.57. The molecule has 0 amide bonds. The summed E-state index contributed by atoms with van der Waals surface area (Å²) in [6.45, 7) is 0. The van der Waals surface area contributed by atoms with E-state index in [0.29, 0.717) is 17.9 Å². The first kappa shape index (κ1) is 14.4. The van der Waals surface area contributed by atoms with Gasteiger partial charge in [0.1, 0.15) is 11.5 Å². The molecule has 1 N–H and O–H groups in total. The molecule has 0 aliphatic heterocycles. The topological polar surface area (TPSA) is 89.3 Å². The van der Waals surface area contributed by atoms with Crippen molar-refractivity contribution < 1.29 is 22.7 Å². The van der Waals surface area contributed by atoms with Crippen molar-refractivity contribution in [1.82, 2.24) is 9.78 Å². The van der Waals surface area contributed by atoms with Gasteiger partial charge in [0, 0.05) is 17.7 Å². The first-order chi connectivity index (χ1) is 10.8. The number of halogens is 1. The molecule has 6 nitrogen and oxygen atoms in total. The number of nitrogens with zero attached hydrogens (tertiary/aromatic N) is 2. The smallest absolute Gasteiger partial charge is 0.356 e. The first-order valence-corrected chi connectivity index (χ1v) is 9.01. The highest BCUT2D eigenvalue weighted by Gasteiger charge is 2.50. The Kier molecular flexibility index (Phi) is 2.76. The predicted octanol–water partition coefficient (Wildman–Crippen LogP) is 1.77. The summed E-state index contributed by atoms with van der Waals surface area (Å²) in [4.78, 5) is 11.2. The van der Waals surface area contributed by atoms with E-state index in [9.17, 15) is 22.7 Å². The summed E-state index contributed by atoms with van der Waals surface area (Å²) in [6.07, 6.45) is 2.62. The number of carboxylic acids is 1. The van der Waals surface area contributed by atoms with Crippen LogP contribution in [0.4, 0.5) is 4.39 Å². The lowest BCUT2D eigenvalue weighted by Crippen LogP contribution is -2.07. The third-order valence-corrected chi connectivity index (χ3v) is 5.65. The van der Waals surface area contributed by atoms with Gasteiger partial charge in [-0.05, 0) is 37.0 Å². The molecule has 2 aliphatic carbocycles.